The van der Waals surface area contributed by atoms with Crippen LogP contribution in [0.3, 0.4) is 0 Å². The second-order valence-electron chi connectivity index (χ2n) is 7.01. The summed E-state index contributed by atoms with van der Waals surface area (Å²) >= 11 is 0. The third kappa shape index (κ3) is 6.44. The minimum Gasteiger partial charge on any atom is -0.385 e. The predicted octanol–water partition coefficient (Wildman–Crippen LogP) is 2.88. The molecule has 0 atom stereocenters. The third-order valence-corrected chi connectivity index (χ3v) is 5.21. The molecule has 0 aromatic rings. The van der Waals surface area contributed by atoms with Crippen LogP contribution in [-0.4, -0.2) is 52.5 Å². The van der Waals surface area contributed by atoms with Crippen LogP contribution in [0.4, 0.5) is 0 Å². The first kappa shape index (κ1) is 19.3. The third-order valence-electron chi connectivity index (χ3n) is 5.21. The Kier molecular flexibility index (Phi) is 8.60. The molecule has 0 unspecified atom stereocenters. The summed E-state index contributed by atoms with van der Waals surface area (Å²) in [7, 11) is 1.79. The van der Waals surface area contributed by atoms with Crippen LogP contribution in [0.25, 0.3) is 0 Å². The van der Waals surface area contributed by atoms with Crippen molar-refractivity contribution >= 4 is 5.96 Å². The molecule has 0 bridgehead atoms. The zero-order valence-electron chi connectivity index (χ0n) is 15.5. The SMILES string of the molecule is CCNC(=NCC1(CCOC)CCCC1)NCCC1=CCOCC1. The summed E-state index contributed by atoms with van der Waals surface area (Å²) in [6.45, 7) is 7.33. The van der Waals surface area contributed by atoms with Crippen molar-refractivity contribution in [2.24, 2.45) is 10.4 Å². The van der Waals surface area contributed by atoms with Gasteiger partial charge in [0, 0.05) is 33.4 Å². The van der Waals surface area contributed by atoms with Gasteiger partial charge in [-0.15, -0.1) is 0 Å². The van der Waals surface area contributed by atoms with Gasteiger partial charge in [-0.3, -0.25) is 4.99 Å². The van der Waals surface area contributed by atoms with Gasteiger partial charge >= 0.3 is 0 Å². The minimum atomic E-state index is 0.349. The summed E-state index contributed by atoms with van der Waals surface area (Å²) in [6, 6.07) is 0. The van der Waals surface area contributed by atoms with Crippen LogP contribution in [0.15, 0.2) is 16.6 Å². The van der Waals surface area contributed by atoms with E-state index in [9.17, 15) is 0 Å². The Morgan fingerprint density at radius 1 is 1.33 bits per heavy atom. The average Bonchev–Trinajstić information content (AvgIpc) is 3.08. The molecule has 2 N–H and O–H groups in total. The highest BCUT2D eigenvalue weighted by Crippen LogP contribution is 2.41. The molecule has 0 spiro atoms. The number of rotatable bonds is 9. The van der Waals surface area contributed by atoms with Gasteiger partial charge in [0.2, 0.25) is 0 Å². The first-order chi connectivity index (χ1) is 11.8. The van der Waals surface area contributed by atoms with E-state index in [1.807, 2.05) is 0 Å². The lowest BCUT2D eigenvalue weighted by molar-refractivity contribution is 0.141. The summed E-state index contributed by atoms with van der Waals surface area (Å²) < 4.78 is 10.7. The number of hydrogen-bond acceptors (Lipinski definition) is 3. The van der Waals surface area contributed by atoms with E-state index in [4.69, 9.17) is 14.5 Å². The van der Waals surface area contributed by atoms with Gasteiger partial charge in [-0.1, -0.05) is 24.5 Å². The quantitative estimate of drug-likeness (QED) is 0.386. The zero-order chi connectivity index (χ0) is 17.1. The van der Waals surface area contributed by atoms with Crippen LogP contribution in [0.2, 0.25) is 0 Å². The molecule has 0 amide bonds. The van der Waals surface area contributed by atoms with E-state index in [0.717, 1.165) is 64.7 Å². The molecule has 1 aliphatic heterocycles. The minimum absolute atomic E-state index is 0.349. The van der Waals surface area contributed by atoms with Crippen molar-refractivity contribution in [3.8, 4) is 0 Å². The fourth-order valence-corrected chi connectivity index (χ4v) is 3.65. The molecular formula is C19H35N3O2. The average molecular weight is 338 g/mol. The first-order valence-electron chi connectivity index (χ1n) is 9.55. The summed E-state index contributed by atoms with van der Waals surface area (Å²) in [5, 5.41) is 6.87. The Balaban J connectivity index is 1.83. The molecule has 5 nitrogen and oxygen atoms in total. The van der Waals surface area contributed by atoms with Crippen molar-refractivity contribution in [3.05, 3.63) is 11.6 Å². The van der Waals surface area contributed by atoms with Crippen LogP contribution in [0.5, 0.6) is 0 Å². The van der Waals surface area contributed by atoms with Gasteiger partial charge < -0.3 is 20.1 Å². The Labute approximate surface area is 147 Å². The maximum atomic E-state index is 5.36. The lowest BCUT2D eigenvalue weighted by Crippen LogP contribution is -2.39. The van der Waals surface area contributed by atoms with Crippen LogP contribution >= 0.6 is 0 Å². The second-order valence-corrected chi connectivity index (χ2v) is 7.01. The van der Waals surface area contributed by atoms with Gasteiger partial charge in [0.1, 0.15) is 0 Å². The van der Waals surface area contributed by atoms with Crippen molar-refractivity contribution in [2.45, 2.75) is 51.9 Å². The van der Waals surface area contributed by atoms with Gasteiger partial charge in [0.15, 0.2) is 5.96 Å². The first-order valence-corrected chi connectivity index (χ1v) is 9.55. The maximum Gasteiger partial charge on any atom is 0.191 e. The summed E-state index contributed by atoms with van der Waals surface area (Å²) in [5.74, 6) is 0.953. The van der Waals surface area contributed by atoms with Gasteiger partial charge in [-0.2, -0.15) is 0 Å². The number of methoxy groups -OCH3 is 1. The van der Waals surface area contributed by atoms with Crippen molar-refractivity contribution in [1.82, 2.24) is 10.6 Å². The maximum absolute atomic E-state index is 5.36. The van der Waals surface area contributed by atoms with Crippen LogP contribution in [0, 0.1) is 5.41 Å². The number of nitrogens with zero attached hydrogens (tertiary/aromatic N) is 1. The highest BCUT2D eigenvalue weighted by Gasteiger charge is 2.33. The largest absolute Gasteiger partial charge is 0.385 e. The van der Waals surface area contributed by atoms with Gasteiger partial charge in [0.25, 0.3) is 0 Å². The molecule has 1 aliphatic carbocycles. The zero-order valence-corrected chi connectivity index (χ0v) is 15.5. The number of aliphatic imine (C=N–C) groups is 1. The Morgan fingerprint density at radius 3 is 2.83 bits per heavy atom. The molecule has 0 aromatic heterocycles. The van der Waals surface area contributed by atoms with E-state index in [0.29, 0.717) is 5.41 Å². The standard InChI is InChI=1S/C19H35N3O2/c1-3-20-18(21-12-6-17-7-13-24-14-8-17)22-16-19(11-15-23-2)9-4-5-10-19/h7H,3-6,8-16H2,1-2H3,(H2,20,21,22). The number of guanidine groups is 1. The van der Waals surface area contributed by atoms with Crippen molar-refractivity contribution in [3.63, 3.8) is 0 Å². The molecule has 0 radical (unpaired) electrons. The van der Waals surface area contributed by atoms with E-state index in [1.165, 1.54) is 31.3 Å². The summed E-state index contributed by atoms with van der Waals surface area (Å²) in [6.07, 6.45) is 10.7. The molecule has 5 heteroatoms. The smallest absolute Gasteiger partial charge is 0.191 e. The molecule has 1 fully saturated rings. The fraction of sp³-hybridized carbons (Fsp3) is 0.842. The molecule has 0 aromatic carbocycles. The topological polar surface area (TPSA) is 54.9 Å². The highest BCUT2D eigenvalue weighted by atomic mass is 16.5. The number of ether oxygens (including phenoxy) is 2. The normalized spacial score (nSPS) is 20.8. The summed E-state index contributed by atoms with van der Waals surface area (Å²) in [5.41, 5.74) is 1.85. The van der Waals surface area contributed by atoms with Crippen molar-refractivity contribution in [2.75, 3.05) is 46.6 Å². The van der Waals surface area contributed by atoms with Gasteiger partial charge in [0.05, 0.1) is 13.2 Å². The van der Waals surface area contributed by atoms with E-state index in [1.54, 1.807) is 7.11 Å². The molecule has 1 saturated carbocycles. The lowest BCUT2D eigenvalue weighted by atomic mass is 9.83. The molecule has 2 aliphatic rings. The second kappa shape index (κ2) is 10.7. The summed E-state index contributed by atoms with van der Waals surface area (Å²) in [4.78, 5) is 4.90. The van der Waals surface area contributed by atoms with Crippen LogP contribution < -0.4 is 10.6 Å². The van der Waals surface area contributed by atoms with Crippen molar-refractivity contribution < 1.29 is 9.47 Å². The van der Waals surface area contributed by atoms with E-state index in [2.05, 4.69) is 23.6 Å². The van der Waals surface area contributed by atoms with Crippen LogP contribution in [0.1, 0.15) is 51.9 Å². The van der Waals surface area contributed by atoms with E-state index in [-0.39, 0.29) is 0 Å². The number of nitrogens with one attached hydrogen (secondary N) is 2. The molecule has 1 heterocycles. The Morgan fingerprint density at radius 2 is 2.17 bits per heavy atom. The van der Waals surface area contributed by atoms with Gasteiger partial charge in [-0.25, -0.2) is 0 Å². The molecule has 2 rings (SSSR count). The lowest BCUT2D eigenvalue weighted by Gasteiger charge is -2.27. The molecular weight excluding hydrogens is 302 g/mol. The number of hydrogen-bond donors (Lipinski definition) is 2. The predicted molar refractivity (Wildman–Crippen MR) is 99.5 cm³/mol. The van der Waals surface area contributed by atoms with Crippen LogP contribution in [-0.2, 0) is 9.47 Å². The monoisotopic (exact) mass is 337 g/mol. The van der Waals surface area contributed by atoms with Crippen molar-refractivity contribution in [1.29, 1.82) is 0 Å². The van der Waals surface area contributed by atoms with E-state index < -0.39 is 0 Å². The highest BCUT2D eigenvalue weighted by molar-refractivity contribution is 5.79. The molecule has 138 valence electrons. The fourth-order valence-electron chi connectivity index (χ4n) is 3.65. The Bertz CT molecular complexity index is 415. The van der Waals surface area contributed by atoms with Gasteiger partial charge in [-0.05, 0) is 44.4 Å². The molecule has 24 heavy (non-hydrogen) atoms. The van der Waals surface area contributed by atoms with E-state index >= 15 is 0 Å². The Hall–Kier alpha value is -1.07. The molecule has 0 saturated heterocycles.